The molecule has 0 spiro atoms. The second kappa shape index (κ2) is 8.08. The van der Waals surface area contributed by atoms with Gasteiger partial charge in [-0.05, 0) is 0 Å². The molecule has 4 nitrogen and oxygen atoms in total. The van der Waals surface area contributed by atoms with Crippen molar-refractivity contribution in [2.24, 2.45) is 0 Å². The van der Waals surface area contributed by atoms with E-state index in [9.17, 15) is 0 Å². The molecule has 0 rings (SSSR count). The van der Waals surface area contributed by atoms with Gasteiger partial charge >= 0.3 is 0 Å². The summed E-state index contributed by atoms with van der Waals surface area (Å²) in [5, 5.41) is 16.4. The van der Waals surface area contributed by atoms with E-state index >= 15 is 0 Å². The minimum absolute atomic E-state index is 0.0608. The Morgan fingerprint density at radius 3 is 1.60 bits per heavy atom. The van der Waals surface area contributed by atoms with E-state index in [1.54, 1.807) is 0 Å². The zero-order valence-corrected chi connectivity index (χ0v) is 5.54. The van der Waals surface area contributed by atoms with Crippen LogP contribution < -0.4 is 0 Å². The molecule has 0 aromatic heterocycles. The van der Waals surface area contributed by atoms with Crippen LogP contribution in [0.5, 0.6) is 0 Å². The van der Waals surface area contributed by atoms with Crippen LogP contribution in [-0.4, -0.2) is 36.6 Å². The normalized spacial score (nSPS) is 7.80. The number of hydrogen-bond acceptors (Lipinski definition) is 4. The van der Waals surface area contributed by atoms with Gasteiger partial charge in [-0.15, -0.1) is 0 Å². The van der Waals surface area contributed by atoms with Gasteiger partial charge in [-0.2, -0.15) is 0 Å². The van der Waals surface area contributed by atoms with Crippen LogP contribution in [0.3, 0.4) is 0 Å². The Labute approximate surface area is 59.4 Å². The molecule has 0 aliphatic heterocycles. The van der Waals surface area contributed by atoms with Gasteiger partial charge in [0.05, 0.1) is 13.2 Å². The predicted molar refractivity (Wildman–Crippen MR) is 33.9 cm³/mol. The summed E-state index contributed by atoms with van der Waals surface area (Å²) in [5.74, 6) is 0. The third-order valence-corrected chi connectivity index (χ3v) is 0.573. The molecule has 0 fully saturated rings. The van der Waals surface area contributed by atoms with Crippen LogP contribution in [0, 0.1) is 12.2 Å². The van der Waals surface area contributed by atoms with E-state index in [2.05, 4.69) is 21.7 Å². The highest BCUT2D eigenvalue weighted by Crippen LogP contribution is 1.69. The lowest BCUT2D eigenvalue weighted by Crippen LogP contribution is -1.95. The Morgan fingerprint density at radius 2 is 1.30 bits per heavy atom. The molecule has 58 valence electrons. The lowest BCUT2D eigenvalue weighted by atomic mass is 10.8. The Morgan fingerprint density at radius 1 is 0.900 bits per heavy atom. The number of aliphatic hydroxyl groups excluding tert-OH is 2. The molecule has 10 heavy (non-hydrogen) atoms. The zero-order valence-electron chi connectivity index (χ0n) is 5.54. The van der Waals surface area contributed by atoms with E-state index in [0.717, 1.165) is 0 Å². The molecule has 0 atom stereocenters. The van der Waals surface area contributed by atoms with E-state index in [0.29, 0.717) is 0 Å². The summed E-state index contributed by atoms with van der Waals surface area (Å²) in [5.41, 5.74) is 0. The van der Waals surface area contributed by atoms with E-state index in [1.165, 1.54) is 0 Å². The molecule has 0 bridgehead atoms. The van der Waals surface area contributed by atoms with Gasteiger partial charge in [0.25, 0.3) is 0 Å². The maximum absolute atomic E-state index is 8.20. The Hall–Kier alpha value is -0.920. The molecule has 0 aliphatic rings. The number of aliphatic hydroxyl groups is 2. The Kier molecular flexibility index (Phi) is 7.34. The molecule has 0 saturated heterocycles. The smallest absolute Gasteiger partial charge is 0.155 e. The van der Waals surface area contributed by atoms with E-state index < -0.39 is 0 Å². The molecule has 0 aromatic rings. The van der Waals surface area contributed by atoms with Crippen molar-refractivity contribution in [2.45, 2.75) is 0 Å². The highest BCUT2D eigenvalue weighted by atomic mass is 16.5. The average molecular weight is 146 g/mol. The minimum Gasteiger partial charge on any atom is -0.442 e. The molecule has 0 unspecified atom stereocenters. The Balaban J connectivity index is 2.98. The molecular formula is C6H10O4. The molecule has 0 aliphatic carbocycles. The first kappa shape index (κ1) is 9.08. The van der Waals surface area contributed by atoms with Crippen molar-refractivity contribution < 1.29 is 19.7 Å². The van der Waals surface area contributed by atoms with Gasteiger partial charge in [0.15, 0.2) is 12.2 Å². The van der Waals surface area contributed by atoms with Crippen molar-refractivity contribution in [2.75, 3.05) is 26.4 Å². The van der Waals surface area contributed by atoms with E-state index in [4.69, 9.17) is 10.2 Å². The quantitative estimate of drug-likeness (QED) is 0.391. The fourth-order valence-corrected chi connectivity index (χ4v) is 0.252. The third kappa shape index (κ3) is 7.08. The fraction of sp³-hybridized carbons (Fsp3) is 0.667. The topological polar surface area (TPSA) is 58.9 Å². The first-order valence-corrected chi connectivity index (χ1v) is 2.87. The largest absolute Gasteiger partial charge is 0.442 e. The van der Waals surface area contributed by atoms with Gasteiger partial charge in [0.1, 0.15) is 13.2 Å². The van der Waals surface area contributed by atoms with Crippen molar-refractivity contribution in [1.29, 1.82) is 0 Å². The van der Waals surface area contributed by atoms with Crippen molar-refractivity contribution in [1.82, 2.24) is 0 Å². The van der Waals surface area contributed by atoms with Crippen molar-refractivity contribution in [3.63, 3.8) is 0 Å². The highest BCUT2D eigenvalue weighted by Gasteiger charge is 1.77. The van der Waals surface area contributed by atoms with Gasteiger partial charge < -0.3 is 19.7 Å². The van der Waals surface area contributed by atoms with Gasteiger partial charge in [0, 0.05) is 0 Å². The van der Waals surface area contributed by atoms with Crippen LogP contribution in [0.2, 0.25) is 0 Å². The lowest BCUT2D eigenvalue weighted by Gasteiger charge is -1.90. The summed E-state index contributed by atoms with van der Waals surface area (Å²) in [4.78, 5) is 0. The van der Waals surface area contributed by atoms with Crippen molar-refractivity contribution in [3.05, 3.63) is 0 Å². The third-order valence-electron chi connectivity index (χ3n) is 0.573. The lowest BCUT2D eigenvalue weighted by molar-refractivity contribution is 0.164. The van der Waals surface area contributed by atoms with Crippen LogP contribution in [0.15, 0.2) is 0 Å². The van der Waals surface area contributed by atoms with Crippen molar-refractivity contribution >= 4 is 0 Å². The summed E-state index contributed by atoms with van der Waals surface area (Å²) in [6.45, 7) is 0.230. The first-order valence-electron chi connectivity index (χ1n) is 2.87. The number of ether oxygens (including phenoxy) is 2. The predicted octanol–water partition coefficient (Wildman–Crippen LogP) is -1.08. The van der Waals surface area contributed by atoms with Gasteiger partial charge in [0.2, 0.25) is 0 Å². The van der Waals surface area contributed by atoms with Crippen LogP contribution in [-0.2, 0) is 9.47 Å². The SMILES string of the molecule is OCCOC#COCCO. The second-order valence-corrected chi connectivity index (χ2v) is 1.35. The summed E-state index contributed by atoms with van der Waals surface area (Å²) in [6.07, 6.45) is 4.36. The molecule has 0 saturated carbocycles. The fourth-order valence-electron chi connectivity index (χ4n) is 0.252. The van der Waals surface area contributed by atoms with Crippen LogP contribution in [0.1, 0.15) is 0 Å². The van der Waals surface area contributed by atoms with Crippen LogP contribution >= 0.6 is 0 Å². The molecule has 4 heteroatoms. The second-order valence-electron chi connectivity index (χ2n) is 1.35. The molecule has 0 radical (unpaired) electrons. The van der Waals surface area contributed by atoms with E-state index in [-0.39, 0.29) is 26.4 Å². The summed E-state index contributed by atoms with van der Waals surface area (Å²) in [7, 11) is 0. The molecule has 0 heterocycles. The minimum atomic E-state index is -0.0608. The highest BCUT2D eigenvalue weighted by molar-refractivity contribution is 4.80. The molecule has 0 amide bonds. The molecular weight excluding hydrogens is 136 g/mol. The first-order chi connectivity index (χ1) is 4.91. The maximum atomic E-state index is 8.20. The molecule has 2 N–H and O–H groups in total. The zero-order chi connectivity index (χ0) is 7.66. The average Bonchev–Trinajstić information content (AvgIpc) is 1.97. The summed E-state index contributed by atoms with van der Waals surface area (Å²) < 4.78 is 9.02. The maximum Gasteiger partial charge on any atom is 0.155 e. The number of hydrogen-bond donors (Lipinski definition) is 2. The molecule has 0 aromatic carbocycles. The van der Waals surface area contributed by atoms with Gasteiger partial charge in [-0.3, -0.25) is 0 Å². The van der Waals surface area contributed by atoms with E-state index in [1.807, 2.05) is 0 Å². The summed E-state index contributed by atoms with van der Waals surface area (Å²) in [6, 6.07) is 0. The number of rotatable bonds is 4. The summed E-state index contributed by atoms with van der Waals surface area (Å²) >= 11 is 0. The monoisotopic (exact) mass is 146 g/mol. The van der Waals surface area contributed by atoms with Gasteiger partial charge in [-0.25, -0.2) is 0 Å². The Bertz CT molecular complexity index is 101. The van der Waals surface area contributed by atoms with Crippen molar-refractivity contribution in [3.8, 4) is 12.2 Å². The van der Waals surface area contributed by atoms with Crippen LogP contribution in [0.25, 0.3) is 0 Å². The van der Waals surface area contributed by atoms with Gasteiger partial charge in [-0.1, -0.05) is 0 Å². The van der Waals surface area contributed by atoms with Crippen LogP contribution in [0.4, 0.5) is 0 Å². The standard InChI is InChI=1S/C6H10O4/c7-1-3-9-5-6-10-4-2-8/h7-8H,1-4H2.